The van der Waals surface area contributed by atoms with Gasteiger partial charge in [-0.1, -0.05) is 25.6 Å². The summed E-state index contributed by atoms with van der Waals surface area (Å²) in [4.78, 5) is 13.9. The highest BCUT2D eigenvalue weighted by molar-refractivity contribution is 7.99. The molecule has 10 nitrogen and oxygen atoms in total. The zero-order valence-corrected chi connectivity index (χ0v) is 19.8. The number of nitrogens with zero attached hydrogens (tertiary/aromatic N) is 4. The predicted octanol–water partition coefficient (Wildman–Crippen LogP) is 2.21. The fourth-order valence-electron chi connectivity index (χ4n) is 3.17. The van der Waals surface area contributed by atoms with E-state index in [1.807, 2.05) is 32.9 Å². The summed E-state index contributed by atoms with van der Waals surface area (Å²) < 4.78 is 40.7. The van der Waals surface area contributed by atoms with Gasteiger partial charge in [-0.15, -0.1) is 0 Å². The van der Waals surface area contributed by atoms with Gasteiger partial charge in [-0.2, -0.15) is 0 Å². The number of nitrogens with one attached hydrogen (secondary N) is 1. The molecule has 12 heteroatoms. The van der Waals surface area contributed by atoms with Crippen LogP contribution in [0.1, 0.15) is 19.4 Å². The van der Waals surface area contributed by atoms with E-state index < -0.39 is 10.0 Å². The van der Waals surface area contributed by atoms with Crippen molar-refractivity contribution >= 4 is 38.8 Å². The van der Waals surface area contributed by atoms with Crippen LogP contribution in [0.25, 0.3) is 11.2 Å². The number of hydrogen-bond donors (Lipinski definition) is 2. The summed E-state index contributed by atoms with van der Waals surface area (Å²) in [5, 5.41) is 0.575. The van der Waals surface area contributed by atoms with Gasteiger partial charge in [0.05, 0.1) is 5.75 Å². The maximum Gasteiger partial charge on any atom is 0.213 e. The third-order valence-electron chi connectivity index (χ3n) is 4.86. The van der Waals surface area contributed by atoms with Gasteiger partial charge in [0.25, 0.3) is 0 Å². The van der Waals surface area contributed by atoms with Gasteiger partial charge in [-0.25, -0.2) is 28.1 Å². The Morgan fingerprint density at radius 2 is 1.94 bits per heavy atom. The minimum absolute atomic E-state index is 0.108. The van der Waals surface area contributed by atoms with Crippen LogP contribution in [0.15, 0.2) is 28.5 Å². The highest BCUT2D eigenvalue weighted by atomic mass is 32.2. The van der Waals surface area contributed by atoms with Crippen LogP contribution in [0.4, 0.5) is 5.82 Å². The van der Waals surface area contributed by atoms with Crippen molar-refractivity contribution in [1.29, 1.82) is 0 Å². The third kappa shape index (κ3) is 4.92. The quantitative estimate of drug-likeness (QED) is 0.499. The molecule has 0 saturated carbocycles. The summed E-state index contributed by atoms with van der Waals surface area (Å²) in [5.41, 5.74) is 7.94. The van der Waals surface area contributed by atoms with Crippen molar-refractivity contribution < 1.29 is 17.9 Å². The Morgan fingerprint density at radius 3 is 2.66 bits per heavy atom. The lowest BCUT2D eigenvalue weighted by Crippen LogP contribution is -2.31. The molecule has 0 fully saturated rings. The second kappa shape index (κ2) is 9.12. The maximum atomic E-state index is 12.5. The average molecular weight is 479 g/mol. The Kier molecular flexibility index (Phi) is 6.45. The van der Waals surface area contributed by atoms with E-state index in [4.69, 9.17) is 15.2 Å². The molecular weight excluding hydrogens is 452 g/mol. The van der Waals surface area contributed by atoms with Gasteiger partial charge >= 0.3 is 0 Å². The van der Waals surface area contributed by atoms with E-state index in [0.29, 0.717) is 47.6 Å². The monoisotopic (exact) mass is 478 g/mol. The molecule has 1 aliphatic rings. The van der Waals surface area contributed by atoms with E-state index >= 15 is 0 Å². The number of aromatic nitrogens is 4. The van der Waals surface area contributed by atoms with Crippen LogP contribution in [0.5, 0.6) is 11.5 Å². The highest BCUT2D eigenvalue weighted by Gasteiger charge is 2.21. The number of rotatable bonds is 8. The number of nitrogen functional groups attached to an aromatic ring is 1. The van der Waals surface area contributed by atoms with Crippen LogP contribution in [0, 0.1) is 12.8 Å². The van der Waals surface area contributed by atoms with Crippen molar-refractivity contribution in [3.8, 4) is 11.5 Å². The van der Waals surface area contributed by atoms with E-state index in [0.717, 1.165) is 10.5 Å². The number of benzene rings is 1. The summed E-state index contributed by atoms with van der Waals surface area (Å²) in [6, 6.07) is 3.84. The number of ether oxygens (including phenoxy) is 2. The molecule has 1 aromatic carbocycles. The minimum atomic E-state index is -3.46. The Balaban J connectivity index is 1.67. The van der Waals surface area contributed by atoms with Crippen molar-refractivity contribution in [3.63, 3.8) is 0 Å². The number of imidazole rings is 1. The molecule has 172 valence electrons. The fraction of sp³-hybridized carbons (Fsp3) is 0.450. The van der Waals surface area contributed by atoms with Gasteiger partial charge < -0.3 is 19.8 Å². The zero-order chi connectivity index (χ0) is 22.9. The van der Waals surface area contributed by atoms with E-state index in [-0.39, 0.29) is 24.0 Å². The number of hydrogen-bond acceptors (Lipinski definition) is 9. The zero-order valence-electron chi connectivity index (χ0n) is 18.2. The van der Waals surface area contributed by atoms with Gasteiger partial charge in [-0.05, 0) is 30.5 Å². The van der Waals surface area contributed by atoms with Crippen molar-refractivity contribution in [3.05, 3.63) is 24.0 Å². The first-order chi connectivity index (χ1) is 15.2. The predicted molar refractivity (Wildman–Crippen MR) is 123 cm³/mol. The molecule has 0 bridgehead atoms. The molecule has 3 aromatic rings. The molecule has 4 rings (SSSR count). The van der Waals surface area contributed by atoms with Crippen molar-refractivity contribution in [2.45, 2.75) is 37.4 Å². The summed E-state index contributed by atoms with van der Waals surface area (Å²) in [7, 11) is -3.46. The molecule has 0 amide bonds. The largest absolute Gasteiger partial charge is 0.486 e. The normalized spacial score (nSPS) is 13.8. The van der Waals surface area contributed by atoms with E-state index in [2.05, 4.69) is 19.7 Å². The molecule has 1 aliphatic heterocycles. The lowest BCUT2D eigenvalue weighted by molar-refractivity contribution is 0.171. The fourth-order valence-corrected chi connectivity index (χ4v) is 5.33. The Bertz CT molecular complexity index is 1240. The van der Waals surface area contributed by atoms with E-state index in [9.17, 15) is 8.42 Å². The third-order valence-corrected chi connectivity index (χ3v) is 7.34. The average Bonchev–Trinajstić information content (AvgIpc) is 3.10. The Labute approximate surface area is 191 Å². The van der Waals surface area contributed by atoms with Crippen molar-refractivity contribution in [1.82, 2.24) is 24.2 Å². The number of nitrogens with two attached hydrogens (primary N) is 1. The first-order valence-corrected chi connectivity index (χ1v) is 12.7. The van der Waals surface area contributed by atoms with E-state index in [1.165, 1.54) is 18.1 Å². The molecule has 0 saturated heterocycles. The first-order valence-electron chi connectivity index (χ1n) is 10.3. The number of fused-ring (bicyclic) bond motifs is 2. The number of sulfonamides is 1. The minimum Gasteiger partial charge on any atom is -0.486 e. The van der Waals surface area contributed by atoms with Gasteiger partial charge in [0.1, 0.15) is 19.5 Å². The maximum absolute atomic E-state index is 12.5. The van der Waals surface area contributed by atoms with Crippen LogP contribution < -0.4 is 19.9 Å². The summed E-state index contributed by atoms with van der Waals surface area (Å²) >= 11 is 1.39. The standard InChI is InChI=1S/C20H26N6O4S2/c1-12(2)10-24-32(27,28)7-4-26-19-17(18(21)22-11-23-19)25-20(26)31-16-9-15-14(8-13(16)3)29-5-6-30-15/h8-9,11-12,24H,4-7,10H2,1-3H3,(H2,21,22,23). The van der Waals surface area contributed by atoms with Crippen molar-refractivity contribution in [2.75, 3.05) is 31.2 Å². The lowest BCUT2D eigenvalue weighted by atomic mass is 10.2. The van der Waals surface area contributed by atoms with Gasteiger partial charge in [0.15, 0.2) is 33.6 Å². The first kappa shape index (κ1) is 22.6. The number of anilines is 1. The van der Waals surface area contributed by atoms with Gasteiger partial charge in [0, 0.05) is 18.0 Å². The molecule has 0 unspecified atom stereocenters. The lowest BCUT2D eigenvalue weighted by Gasteiger charge is -2.20. The second-order valence-corrected chi connectivity index (χ2v) is 10.8. The SMILES string of the molecule is Cc1cc2c(cc1Sc1nc3c(N)ncnc3n1CCS(=O)(=O)NCC(C)C)OCCO2. The molecule has 32 heavy (non-hydrogen) atoms. The van der Waals surface area contributed by atoms with Crippen LogP contribution in [0.2, 0.25) is 0 Å². The molecule has 0 atom stereocenters. The molecule has 3 heterocycles. The van der Waals surface area contributed by atoms with Crippen LogP contribution in [-0.4, -0.2) is 53.4 Å². The topological polar surface area (TPSA) is 134 Å². The number of aryl methyl sites for hydroxylation is 2. The summed E-state index contributed by atoms with van der Waals surface area (Å²) in [5.74, 6) is 1.74. The molecule has 0 spiro atoms. The second-order valence-electron chi connectivity index (χ2n) is 7.90. The summed E-state index contributed by atoms with van der Waals surface area (Å²) in [6.07, 6.45) is 1.35. The highest BCUT2D eigenvalue weighted by Crippen LogP contribution is 2.40. The van der Waals surface area contributed by atoms with Crippen LogP contribution in [0.3, 0.4) is 0 Å². The van der Waals surface area contributed by atoms with Crippen LogP contribution >= 0.6 is 11.8 Å². The van der Waals surface area contributed by atoms with Crippen molar-refractivity contribution in [2.24, 2.45) is 5.92 Å². The van der Waals surface area contributed by atoms with Gasteiger partial charge in [0.2, 0.25) is 10.0 Å². The molecule has 2 aromatic heterocycles. The molecule has 3 N–H and O–H groups in total. The smallest absolute Gasteiger partial charge is 0.213 e. The van der Waals surface area contributed by atoms with Gasteiger partial charge in [-0.3, -0.25) is 0 Å². The molecule has 0 radical (unpaired) electrons. The molecular formula is C20H26N6O4S2. The van der Waals surface area contributed by atoms with E-state index in [1.54, 1.807) is 4.57 Å². The Morgan fingerprint density at radius 1 is 1.22 bits per heavy atom. The molecule has 0 aliphatic carbocycles. The van der Waals surface area contributed by atoms with Crippen LogP contribution in [-0.2, 0) is 16.6 Å². The Hall–Kier alpha value is -2.57. The summed E-state index contributed by atoms with van der Waals surface area (Å²) in [6.45, 7) is 7.46.